The lowest BCUT2D eigenvalue weighted by Crippen LogP contribution is -2.53. The topological polar surface area (TPSA) is 24.1 Å². The molecule has 2 N–H and O–H groups in total. The Kier molecular flexibility index (Phi) is 2.66. The quantitative estimate of drug-likeness (QED) is 0.613. The van der Waals surface area contributed by atoms with Crippen LogP contribution in [-0.4, -0.2) is 25.7 Å². The maximum absolute atomic E-state index is 3.65. The van der Waals surface area contributed by atoms with E-state index in [0.29, 0.717) is 0 Å². The second kappa shape index (κ2) is 3.75. The second-order valence-electron chi connectivity index (χ2n) is 4.19. The maximum atomic E-state index is 3.65. The van der Waals surface area contributed by atoms with Crippen molar-refractivity contribution < 1.29 is 0 Å². The molecule has 0 spiro atoms. The zero-order chi connectivity index (χ0) is 8.39. The molecule has 0 radical (unpaired) electrons. The minimum Gasteiger partial charge on any atom is -0.317 e. The summed E-state index contributed by atoms with van der Waals surface area (Å²) in [6.45, 7) is 1.21. The zero-order valence-electron chi connectivity index (χ0n) is 7.97. The lowest BCUT2D eigenvalue weighted by molar-refractivity contribution is 0.167. The molecule has 1 saturated heterocycles. The van der Waals surface area contributed by atoms with E-state index in [0.717, 1.165) is 18.0 Å². The zero-order valence-corrected chi connectivity index (χ0v) is 7.97. The third kappa shape index (κ3) is 1.50. The minimum atomic E-state index is 0.788. The standard InChI is InChI=1S/C10H20N2/c1-11-9-6-7-12-10-5-3-2-4-8(9)10/h8-12H,2-7H2,1H3/t8-,9+,10-/m0/s1. The van der Waals surface area contributed by atoms with E-state index in [1.165, 1.54) is 38.6 Å². The van der Waals surface area contributed by atoms with Gasteiger partial charge in [-0.15, -0.1) is 0 Å². The Morgan fingerprint density at radius 2 is 2.00 bits per heavy atom. The van der Waals surface area contributed by atoms with Gasteiger partial charge in [0.15, 0.2) is 0 Å². The molecule has 0 aromatic heterocycles. The van der Waals surface area contributed by atoms with E-state index in [-0.39, 0.29) is 0 Å². The number of fused-ring (bicyclic) bond motifs is 1. The van der Waals surface area contributed by atoms with Crippen LogP contribution in [0.3, 0.4) is 0 Å². The highest BCUT2D eigenvalue weighted by Gasteiger charge is 2.33. The van der Waals surface area contributed by atoms with Crippen LogP contribution in [0.5, 0.6) is 0 Å². The van der Waals surface area contributed by atoms with Crippen molar-refractivity contribution in [3.8, 4) is 0 Å². The van der Waals surface area contributed by atoms with E-state index < -0.39 is 0 Å². The first-order chi connectivity index (χ1) is 5.92. The van der Waals surface area contributed by atoms with Gasteiger partial charge in [-0.05, 0) is 38.8 Å². The van der Waals surface area contributed by atoms with E-state index in [4.69, 9.17) is 0 Å². The summed E-state index contributed by atoms with van der Waals surface area (Å²) in [7, 11) is 2.11. The van der Waals surface area contributed by atoms with Gasteiger partial charge in [0, 0.05) is 12.1 Å². The van der Waals surface area contributed by atoms with Gasteiger partial charge in [-0.1, -0.05) is 12.8 Å². The van der Waals surface area contributed by atoms with Gasteiger partial charge in [-0.3, -0.25) is 0 Å². The van der Waals surface area contributed by atoms with E-state index in [1.807, 2.05) is 0 Å². The fraction of sp³-hybridized carbons (Fsp3) is 1.00. The molecule has 1 saturated carbocycles. The van der Waals surface area contributed by atoms with Crippen LogP contribution in [-0.2, 0) is 0 Å². The molecule has 0 aromatic carbocycles. The normalized spacial score (nSPS) is 42.2. The van der Waals surface area contributed by atoms with Gasteiger partial charge < -0.3 is 10.6 Å². The molecule has 1 heterocycles. The summed E-state index contributed by atoms with van der Waals surface area (Å²) in [5.74, 6) is 0.914. The number of nitrogens with one attached hydrogen (secondary N) is 2. The second-order valence-corrected chi connectivity index (χ2v) is 4.19. The van der Waals surface area contributed by atoms with Crippen molar-refractivity contribution in [2.24, 2.45) is 5.92 Å². The fourth-order valence-corrected chi connectivity index (χ4v) is 2.89. The average Bonchev–Trinajstić information content (AvgIpc) is 2.17. The molecule has 2 heteroatoms. The summed E-state index contributed by atoms with van der Waals surface area (Å²) >= 11 is 0. The first-order valence-corrected chi connectivity index (χ1v) is 5.32. The monoisotopic (exact) mass is 168 g/mol. The van der Waals surface area contributed by atoms with Gasteiger partial charge in [0.25, 0.3) is 0 Å². The summed E-state index contributed by atoms with van der Waals surface area (Å²) in [6.07, 6.45) is 7.04. The van der Waals surface area contributed by atoms with Crippen LogP contribution in [0.1, 0.15) is 32.1 Å². The van der Waals surface area contributed by atoms with Crippen molar-refractivity contribution in [2.45, 2.75) is 44.2 Å². The Morgan fingerprint density at radius 3 is 2.83 bits per heavy atom. The van der Waals surface area contributed by atoms with Gasteiger partial charge in [-0.2, -0.15) is 0 Å². The van der Waals surface area contributed by atoms with Crippen molar-refractivity contribution in [3.05, 3.63) is 0 Å². The highest BCUT2D eigenvalue weighted by molar-refractivity contribution is 4.92. The average molecular weight is 168 g/mol. The number of hydrogen-bond acceptors (Lipinski definition) is 2. The fourth-order valence-electron chi connectivity index (χ4n) is 2.89. The van der Waals surface area contributed by atoms with E-state index in [9.17, 15) is 0 Å². The van der Waals surface area contributed by atoms with Crippen molar-refractivity contribution >= 4 is 0 Å². The Morgan fingerprint density at radius 1 is 1.17 bits per heavy atom. The molecule has 0 bridgehead atoms. The Hall–Kier alpha value is -0.0800. The molecule has 3 atom stereocenters. The molecule has 1 aliphatic heterocycles. The highest BCUT2D eigenvalue weighted by Crippen LogP contribution is 2.30. The summed E-state index contributed by atoms with van der Waals surface area (Å²) in [4.78, 5) is 0. The van der Waals surface area contributed by atoms with Crippen LogP contribution in [0.25, 0.3) is 0 Å². The molecule has 2 nitrogen and oxygen atoms in total. The van der Waals surface area contributed by atoms with Gasteiger partial charge in [0.2, 0.25) is 0 Å². The molecule has 0 aromatic rings. The molecule has 12 heavy (non-hydrogen) atoms. The number of hydrogen-bond donors (Lipinski definition) is 2. The Labute approximate surface area is 75.1 Å². The van der Waals surface area contributed by atoms with E-state index >= 15 is 0 Å². The van der Waals surface area contributed by atoms with Gasteiger partial charge in [0.05, 0.1) is 0 Å². The maximum Gasteiger partial charge on any atom is 0.0119 e. The SMILES string of the molecule is CN[C@@H]1CCN[C@H]2CCCC[C@H]21. The van der Waals surface area contributed by atoms with Gasteiger partial charge >= 0.3 is 0 Å². The van der Waals surface area contributed by atoms with Crippen molar-refractivity contribution in [1.82, 2.24) is 10.6 Å². The summed E-state index contributed by atoms with van der Waals surface area (Å²) in [6, 6.07) is 1.61. The largest absolute Gasteiger partial charge is 0.317 e. The van der Waals surface area contributed by atoms with Crippen molar-refractivity contribution in [2.75, 3.05) is 13.6 Å². The molecule has 2 rings (SSSR count). The third-order valence-electron chi connectivity index (χ3n) is 3.57. The number of rotatable bonds is 1. The minimum absolute atomic E-state index is 0.788. The first-order valence-electron chi connectivity index (χ1n) is 5.32. The number of piperidine rings is 1. The van der Waals surface area contributed by atoms with Crippen molar-refractivity contribution in [3.63, 3.8) is 0 Å². The first kappa shape index (κ1) is 8.52. The Balaban J connectivity index is 1.99. The lowest BCUT2D eigenvalue weighted by atomic mass is 9.76. The molecule has 2 fully saturated rings. The Bertz CT molecular complexity index is 138. The molecule has 0 amide bonds. The molecular weight excluding hydrogens is 148 g/mol. The lowest BCUT2D eigenvalue weighted by Gasteiger charge is -2.41. The van der Waals surface area contributed by atoms with Crippen LogP contribution in [0.15, 0.2) is 0 Å². The highest BCUT2D eigenvalue weighted by atomic mass is 15.0. The summed E-state index contributed by atoms with van der Waals surface area (Å²) in [5.41, 5.74) is 0. The molecular formula is C10H20N2. The molecule has 70 valence electrons. The van der Waals surface area contributed by atoms with Crippen LogP contribution < -0.4 is 10.6 Å². The van der Waals surface area contributed by atoms with Crippen LogP contribution >= 0.6 is 0 Å². The molecule has 0 unspecified atom stereocenters. The summed E-state index contributed by atoms with van der Waals surface area (Å²) in [5, 5.41) is 7.11. The molecule has 2 aliphatic rings. The van der Waals surface area contributed by atoms with Crippen LogP contribution in [0.4, 0.5) is 0 Å². The smallest absolute Gasteiger partial charge is 0.0119 e. The van der Waals surface area contributed by atoms with E-state index in [2.05, 4.69) is 17.7 Å². The van der Waals surface area contributed by atoms with Gasteiger partial charge in [-0.25, -0.2) is 0 Å². The predicted octanol–water partition coefficient (Wildman–Crippen LogP) is 1.13. The molecule has 1 aliphatic carbocycles. The van der Waals surface area contributed by atoms with Crippen LogP contribution in [0.2, 0.25) is 0 Å². The van der Waals surface area contributed by atoms with Crippen LogP contribution in [0, 0.1) is 5.92 Å². The van der Waals surface area contributed by atoms with E-state index in [1.54, 1.807) is 0 Å². The third-order valence-corrected chi connectivity index (χ3v) is 3.57. The van der Waals surface area contributed by atoms with Gasteiger partial charge in [0.1, 0.15) is 0 Å². The summed E-state index contributed by atoms with van der Waals surface area (Å²) < 4.78 is 0. The predicted molar refractivity (Wildman–Crippen MR) is 51.2 cm³/mol. The van der Waals surface area contributed by atoms with Crippen molar-refractivity contribution in [1.29, 1.82) is 0 Å².